The van der Waals surface area contributed by atoms with Crippen LogP contribution in [0.3, 0.4) is 0 Å². The van der Waals surface area contributed by atoms with Crippen molar-refractivity contribution in [3.63, 3.8) is 0 Å². The summed E-state index contributed by atoms with van der Waals surface area (Å²) in [5.41, 5.74) is 1.15. The average Bonchev–Trinajstić information content (AvgIpc) is 3.55. The van der Waals surface area contributed by atoms with Gasteiger partial charge in [-0.25, -0.2) is 14.8 Å². The van der Waals surface area contributed by atoms with Gasteiger partial charge in [0.15, 0.2) is 0 Å². The maximum atomic E-state index is 14.4. The molecular formula is C30H37ClN6O3. The number of hydrogen-bond donors (Lipinski definition) is 1. The van der Waals surface area contributed by atoms with Gasteiger partial charge in [0, 0.05) is 43.9 Å². The predicted molar refractivity (Wildman–Crippen MR) is 155 cm³/mol. The van der Waals surface area contributed by atoms with Crippen LogP contribution < -0.4 is 4.90 Å². The van der Waals surface area contributed by atoms with Crippen LogP contribution in [0.2, 0.25) is 5.02 Å². The zero-order valence-corrected chi connectivity index (χ0v) is 24.2. The van der Waals surface area contributed by atoms with Crippen molar-refractivity contribution in [1.82, 2.24) is 24.8 Å². The highest BCUT2D eigenvalue weighted by Crippen LogP contribution is 2.53. The standard InChI is InChI=1S/C30H37ClN6O3/c1-29(2,3)40-28(39)37-18-30(10-4-11-30)17-23(37)24(20-5-7-21(31)8-6-20)27(38)36-15-13-35(14-16-36)26-22-9-12-32-25(22)33-19-34-26/h5-9,12,19,23-24H,4,10-11,13-18H2,1-3H3,(H,32,33,34)/t23-,24-/m0/s1. The van der Waals surface area contributed by atoms with Crippen LogP contribution >= 0.6 is 11.6 Å². The number of likely N-dealkylation sites (tertiary alicyclic amines) is 1. The Hall–Kier alpha value is -3.33. The molecule has 0 bridgehead atoms. The lowest BCUT2D eigenvalue weighted by Crippen LogP contribution is -2.53. The average molecular weight is 565 g/mol. The molecule has 6 rings (SSSR count). The third kappa shape index (κ3) is 5.11. The highest BCUT2D eigenvalue weighted by atomic mass is 35.5. The molecule has 3 aliphatic rings. The van der Waals surface area contributed by atoms with Crippen LogP contribution in [0.15, 0.2) is 42.9 Å². The first-order valence-electron chi connectivity index (χ1n) is 14.2. The number of nitrogens with one attached hydrogen (secondary N) is 1. The van der Waals surface area contributed by atoms with Gasteiger partial charge in [-0.3, -0.25) is 4.79 Å². The molecule has 0 radical (unpaired) electrons. The second-order valence-corrected chi connectivity index (χ2v) is 12.9. The summed E-state index contributed by atoms with van der Waals surface area (Å²) in [5.74, 6) is 0.435. The van der Waals surface area contributed by atoms with E-state index < -0.39 is 11.5 Å². The van der Waals surface area contributed by atoms with Gasteiger partial charge in [-0.05, 0) is 69.2 Å². The molecule has 4 heterocycles. The molecule has 1 N–H and O–H groups in total. The fourth-order valence-electron chi connectivity index (χ4n) is 6.60. The highest BCUT2D eigenvalue weighted by Gasteiger charge is 2.54. The van der Waals surface area contributed by atoms with Crippen molar-refractivity contribution in [3.8, 4) is 0 Å². The highest BCUT2D eigenvalue weighted by molar-refractivity contribution is 6.30. The summed E-state index contributed by atoms with van der Waals surface area (Å²) < 4.78 is 5.86. The lowest BCUT2D eigenvalue weighted by molar-refractivity contribution is -0.134. The number of hydrogen-bond acceptors (Lipinski definition) is 6. The Morgan fingerprint density at radius 3 is 2.45 bits per heavy atom. The number of halogens is 1. The molecule has 2 saturated heterocycles. The Morgan fingerprint density at radius 2 is 1.80 bits per heavy atom. The van der Waals surface area contributed by atoms with E-state index in [4.69, 9.17) is 16.3 Å². The first-order chi connectivity index (χ1) is 19.1. The number of ether oxygens (including phenoxy) is 1. The molecule has 2 aromatic heterocycles. The van der Waals surface area contributed by atoms with Gasteiger partial charge in [0.25, 0.3) is 0 Å². The Morgan fingerprint density at radius 1 is 1.07 bits per heavy atom. The number of carbonyl (C=O) groups is 2. The summed E-state index contributed by atoms with van der Waals surface area (Å²) >= 11 is 6.24. The minimum atomic E-state index is -0.612. The van der Waals surface area contributed by atoms with Gasteiger partial charge in [0.1, 0.15) is 23.4 Å². The van der Waals surface area contributed by atoms with Gasteiger partial charge in [-0.15, -0.1) is 0 Å². The van der Waals surface area contributed by atoms with E-state index >= 15 is 0 Å². The Labute approximate surface area is 239 Å². The van der Waals surface area contributed by atoms with Gasteiger partial charge >= 0.3 is 6.09 Å². The lowest BCUT2D eigenvalue weighted by Gasteiger charge is -2.40. The van der Waals surface area contributed by atoms with Gasteiger partial charge in [0.2, 0.25) is 5.91 Å². The molecule has 2 amide bonds. The van der Waals surface area contributed by atoms with E-state index in [0.717, 1.165) is 48.1 Å². The maximum Gasteiger partial charge on any atom is 0.410 e. The largest absolute Gasteiger partial charge is 0.444 e. The molecule has 2 atom stereocenters. The molecule has 212 valence electrons. The van der Waals surface area contributed by atoms with E-state index in [2.05, 4.69) is 19.9 Å². The van der Waals surface area contributed by atoms with Crippen molar-refractivity contribution in [1.29, 1.82) is 0 Å². The third-order valence-electron chi connectivity index (χ3n) is 8.69. The van der Waals surface area contributed by atoms with Crippen molar-refractivity contribution in [2.75, 3.05) is 37.6 Å². The third-order valence-corrected chi connectivity index (χ3v) is 8.95. The molecule has 2 aliphatic heterocycles. The maximum absolute atomic E-state index is 14.4. The fourth-order valence-corrected chi connectivity index (χ4v) is 6.73. The normalized spacial score (nSPS) is 21.5. The summed E-state index contributed by atoms with van der Waals surface area (Å²) in [5, 5.41) is 1.60. The van der Waals surface area contributed by atoms with Gasteiger partial charge in [-0.1, -0.05) is 30.2 Å². The quantitative estimate of drug-likeness (QED) is 0.467. The number of anilines is 1. The summed E-state index contributed by atoms with van der Waals surface area (Å²) in [6, 6.07) is 9.24. The smallest absolute Gasteiger partial charge is 0.410 e. The SMILES string of the molecule is CC(C)(C)OC(=O)N1CC2(CCC2)C[C@H]1[C@@H](C(=O)N1CCN(c2ncnc3[nH]ccc23)CC1)c1ccc(Cl)cc1. The molecule has 1 spiro atoms. The van der Waals surface area contributed by atoms with Crippen LogP contribution in [-0.2, 0) is 9.53 Å². The van der Waals surface area contributed by atoms with E-state index in [0.29, 0.717) is 37.7 Å². The molecule has 3 aromatic rings. The van der Waals surface area contributed by atoms with Crippen LogP contribution in [0.25, 0.3) is 11.0 Å². The van der Waals surface area contributed by atoms with Crippen LogP contribution in [0.4, 0.5) is 10.6 Å². The first-order valence-corrected chi connectivity index (χ1v) is 14.6. The molecule has 10 heteroatoms. The fraction of sp³-hybridized carbons (Fsp3) is 0.533. The van der Waals surface area contributed by atoms with Crippen molar-refractivity contribution in [2.24, 2.45) is 5.41 Å². The van der Waals surface area contributed by atoms with Crippen molar-refractivity contribution >= 4 is 40.5 Å². The van der Waals surface area contributed by atoms with E-state index in [1.54, 1.807) is 6.33 Å². The number of amides is 2. The Kier molecular flexibility index (Phi) is 6.89. The number of fused-ring (bicyclic) bond motifs is 1. The zero-order valence-electron chi connectivity index (χ0n) is 23.4. The molecular weight excluding hydrogens is 528 g/mol. The molecule has 0 unspecified atom stereocenters. The van der Waals surface area contributed by atoms with Crippen LogP contribution in [0, 0.1) is 5.41 Å². The minimum absolute atomic E-state index is 0.0476. The number of aromatic nitrogens is 3. The molecule has 3 fully saturated rings. The number of carbonyl (C=O) groups excluding carboxylic acids is 2. The second-order valence-electron chi connectivity index (χ2n) is 12.5. The van der Waals surface area contributed by atoms with Crippen molar-refractivity contribution in [2.45, 2.75) is 64.0 Å². The molecule has 9 nitrogen and oxygen atoms in total. The van der Waals surface area contributed by atoms with E-state index in [9.17, 15) is 9.59 Å². The Bertz CT molecular complexity index is 1390. The predicted octanol–water partition coefficient (Wildman–Crippen LogP) is 5.22. The number of piperazine rings is 1. The first kappa shape index (κ1) is 26.9. The van der Waals surface area contributed by atoms with E-state index in [-0.39, 0.29) is 23.5 Å². The lowest BCUT2D eigenvalue weighted by atomic mass is 9.66. The number of H-pyrrole nitrogens is 1. The minimum Gasteiger partial charge on any atom is -0.444 e. The van der Waals surface area contributed by atoms with E-state index in [1.807, 2.05) is 67.1 Å². The molecule has 1 saturated carbocycles. The van der Waals surface area contributed by atoms with Gasteiger partial charge in [0.05, 0.1) is 17.3 Å². The summed E-state index contributed by atoms with van der Waals surface area (Å²) in [6.45, 7) is 8.77. The number of benzene rings is 1. The summed E-state index contributed by atoms with van der Waals surface area (Å²) in [4.78, 5) is 45.9. The van der Waals surface area contributed by atoms with Gasteiger partial charge < -0.3 is 24.4 Å². The van der Waals surface area contributed by atoms with E-state index in [1.165, 1.54) is 0 Å². The van der Waals surface area contributed by atoms with Gasteiger partial charge in [-0.2, -0.15) is 0 Å². The number of nitrogens with zero attached hydrogens (tertiary/aromatic N) is 5. The van der Waals surface area contributed by atoms with Crippen LogP contribution in [0.1, 0.15) is 57.9 Å². The van der Waals surface area contributed by atoms with Crippen LogP contribution in [-0.4, -0.2) is 81.1 Å². The number of aromatic amines is 1. The second kappa shape index (κ2) is 10.3. The number of rotatable bonds is 4. The molecule has 1 aliphatic carbocycles. The summed E-state index contributed by atoms with van der Waals surface area (Å²) in [7, 11) is 0. The van der Waals surface area contributed by atoms with Crippen LogP contribution in [0.5, 0.6) is 0 Å². The topological polar surface area (TPSA) is 94.7 Å². The van der Waals surface area contributed by atoms with Crippen molar-refractivity contribution in [3.05, 3.63) is 53.4 Å². The summed E-state index contributed by atoms with van der Waals surface area (Å²) in [6.07, 6.45) is 7.23. The Balaban J connectivity index is 1.27. The van der Waals surface area contributed by atoms with Crippen molar-refractivity contribution < 1.29 is 14.3 Å². The monoisotopic (exact) mass is 564 g/mol. The molecule has 1 aromatic carbocycles. The molecule has 40 heavy (non-hydrogen) atoms. The zero-order chi connectivity index (χ0) is 28.1.